The quantitative estimate of drug-likeness (QED) is 0.859. The van der Waals surface area contributed by atoms with Gasteiger partial charge in [0.05, 0.1) is 12.2 Å². The third-order valence-corrected chi connectivity index (χ3v) is 4.90. The van der Waals surface area contributed by atoms with Crippen LogP contribution in [0.2, 0.25) is 0 Å². The van der Waals surface area contributed by atoms with E-state index in [9.17, 15) is 4.79 Å². The molecule has 0 bridgehead atoms. The molecule has 0 radical (unpaired) electrons. The van der Waals surface area contributed by atoms with Gasteiger partial charge in [-0.3, -0.25) is 4.79 Å². The number of ether oxygens (including phenoxy) is 1. The number of hydrogen-bond donors (Lipinski definition) is 1. The fourth-order valence-corrected chi connectivity index (χ4v) is 3.73. The SMILES string of the molecule is CC1CC(NC2CCN(C(=O)C3CC3)CC2)CC(C)O1. The molecule has 20 heavy (non-hydrogen) atoms. The maximum atomic E-state index is 12.0. The Bertz CT molecular complexity index is 338. The maximum absolute atomic E-state index is 12.0. The van der Waals surface area contributed by atoms with E-state index in [0.29, 0.717) is 36.1 Å². The van der Waals surface area contributed by atoms with E-state index in [1.165, 1.54) is 0 Å². The van der Waals surface area contributed by atoms with Gasteiger partial charge >= 0.3 is 0 Å². The molecular formula is C16H28N2O2. The number of rotatable bonds is 3. The molecule has 2 heterocycles. The molecule has 1 aliphatic carbocycles. The molecule has 0 aromatic heterocycles. The van der Waals surface area contributed by atoms with Crippen LogP contribution in [0.4, 0.5) is 0 Å². The standard InChI is InChI=1S/C16H28N2O2/c1-11-9-15(10-12(2)20-11)17-14-5-7-18(8-6-14)16(19)13-3-4-13/h11-15,17H,3-10H2,1-2H3. The highest BCUT2D eigenvalue weighted by molar-refractivity contribution is 5.81. The number of hydrogen-bond acceptors (Lipinski definition) is 3. The molecule has 2 aliphatic heterocycles. The summed E-state index contributed by atoms with van der Waals surface area (Å²) in [5.74, 6) is 0.786. The van der Waals surface area contributed by atoms with E-state index >= 15 is 0 Å². The van der Waals surface area contributed by atoms with Crippen molar-refractivity contribution in [2.24, 2.45) is 5.92 Å². The summed E-state index contributed by atoms with van der Waals surface area (Å²) in [4.78, 5) is 14.1. The van der Waals surface area contributed by atoms with Gasteiger partial charge in [0.2, 0.25) is 5.91 Å². The number of amides is 1. The zero-order valence-corrected chi connectivity index (χ0v) is 12.8. The first kappa shape index (κ1) is 14.3. The number of nitrogens with one attached hydrogen (secondary N) is 1. The lowest BCUT2D eigenvalue weighted by Gasteiger charge is -2.38. The second-order valence-corrected chi connectivity index (χ2v) is 6.97. The van der Waals surface area contributed by atoms with Crippen LogP contribution in [-0.4, -0.2) is 48.2 Å². The number of piperidine rings is 1. The average molecular weight is 280 g/mol. The molecule has 0 spiro atoms. The summed E-state index contributed by atoms with van der Waals surface area (Å²) >= 11 is 0. The van der Waals surface area contributed by atoms with Gasteiger partial charge in [0.25, 0.3) is 0 Å². The Morgan fingerprint density at radius 2 is 1.60 bits per heavy atom. The zero-order chi connectivity index (χ0) is 14.1. The van der Waals surface area contributed by atoms with E-state index in [1.807, 2.05) is 0 Å². The van der Waals surface area contributed by atoms with Crippen LogP contribution in [0.25, 0.3) is 0 Å². The highest BCUT2D eigenvalue weighted by Gasteiger charge is 2.35. The number of carbonyl (C=O) groups excluding carboxylic acids is 1. The van der Waals surface area contributed by atoms with Gasteiger partial charge in [-0.05, 0) is 52.4 Å². The van der Waals surface area contributed by atoms with E-state index in [2.05, 4.69) is 24.1 Å². The molecule has 2 unspecified atom stereocenters. The summed E-state index contributed by atoms with van der Waals surface area (Å²) in [6.45, 7) is 6.23. The molecule has 4 heteroatoms. The zero-order valence-electron chi connectivity index (χ0n) is 12.8. The number of nitrogens with zero attached hydrogens (tertiary/aromatic N) is 1. The lowest BCUT2D eigenvalue weighted by Crippen LogP contribution is -2.50. The molecule has 1 saturated carbocycles. The van der Waals surface area contributed by atoms with E-state index in [1.54, 1.807) is 0 Å². The first-order valence-corrected chi connectivity index (χ1v) is 8.32. The number of likely N-dealkylation sites (tertiary alicyclic amines) is 1. The van der Waals surface area contributed by atoms with Crippen molar-refractivity contribution in [3.05, 3.63) is 0 Å². The fourth-order valence-electron chi connectivity index (χ4n) is 3.73. The minimum atomic E-state index is 0.368. The highest BCUT2D eigenvalue weighted by Crippen LogP contribution is 2.32. The van der Waals surface area contributed by atoms with Gasteiger partial charge in [0, 0.05) is 31.1 Å². The maximum Gasteiger partial charge on any atom is 0.225 e. The van der Waals surface area contributed by atoms with E-state index in [0.717, 1.165) is 51.6 Å². The second kappa shape index (κ2) is 6.02. The van der Waals surface area contributed by atoms with Gasteiger partial charge < -0.3 is 15.0 Å². The lowest BCUT2D eigenvalue weighted by atomic mass is 9.96. The molecule has 0 aromatic rings. The third kappa shape index (κ3) is 3.53. The molecule has 114 valence electrons. The van der Waals surface area contributed by atoms with Gasteiger partial charge in [-0.2, -0.15) is 0 Å². The molecule has 1 amide bonds. The molecule has 3 rings (SSSR count). The summed E-state index contributed by atoms with van der Waals surface area (Å²) in [6, 6.07) is 1.17. The minimum absolute atomic E-state index is 0.368. The Labute approximate surface area is 122 Å². The first-order chi connectivity index (χ1) is 9.61. The monoisotopic (exact) mass is 280 g/mol. The van der Waals surface area contributed by atoms with Crippen LogP contribution in [0.15, 0.2) is 0 Å². The topological polar surface area (TPSA) is 41.6 Å². The van der Waals surface area contributed by atoms with Crippen LogP contribution in [0.1, 0.15) is 52.4 Å². The number of carbonyl (C=O) groups is 1. The molecule has 3 fully saturated rings. The molecule has 3 aliphatic rings. The van der Waals surface area contributed by atoms with Crippen molar-refractivity contribution in [1.82, 2.24) is 10.2 Å². The predicted molar refractivity (Wildman–Crippen MR) is 78.5 cm³/mol. The Kier molecular flexibility index (Phi) is 4.32. The van der Waals surface area contributed by atoms with Crippen LogP contribution in [-0.2, 0) is 9.53 Å². The van der Waals surface area contributed by atoms with Crippen molar-refractivity contribution in [1.29, 1.82) is 0 Å². The smallest absolute Gasteiger partial charge is 0.225 e. The van der Waals surface area contributed by atoms with Crippen LogP contribution >= 0.6 is 0 Å². The van der Waals surface area contributed by atoms with Crippen LogP contribution in [0, 0.1) is 5.92 Å². The van der Waals surface area contributed by atoms with Crippen LogP contribution < -0.4 is 5.32 Å². The van der Waals surface area contributed by atoms with Crippen molar-refractivity contribution in [3.63, 3.8) is 0 Å². The minimum Gasteiger partial charge on any atom is -0.375 e. The van der Waals surface area contributed by atoms with Crippen molar-refractivity contribution < 1.29 is 9.53 Å². The van der Waals surface area contributed by atoms with Crippen LogP contribution in [0.3, 0.4) is 0 Å². The van der Waals surface area contributed by atoms with E-state index in [-0.39, 0.29) is 0 Å². The summed E-state index contributed by atoms with van der Waals surface area (Å²) < 4.78 is 5.79. The van der Waals surface area contributed by atoms with Gasteiger partial charge in [0.15, 0.2) is 0 Å². The molecule has 1 N–H and O–H groups in total. The predicted octanol–water partition coefficient (Wildman–Crippen LogP) is 1.93. The molecular weight excluding hydrogens is 252 g/mol. The Balaban J connectivity index is 1.42. The van der Waals surface area contributed by atoms with Crippen molar-refractivity contribution in [3.8, 4) is 0 Å². The Morgan fingerprint density at radius 1 is 1.00 bits per heavy atom. The third-order valence-electron chi connectivity index (χ3n) is 4.90. The largest absolute Gasteiger partial charge is 0.375 e. The highest BCUT2D eigenvalue weighted by atomic mass is 16.5. The van der Waals surface area contributed by atoms with Gasteiger partial charge in [-0.25, -0.2) is 0 Å². The van der Waals surface area contributed by atoms with Gasteiger partial charge in [0.1, 0.15) is 0 Å². The summed E-state index contributed by atoms with van der Waals surface area (Å²) in [5, 5.41) is 3.80. The fraction of sp³-hybridized carbons (Fsp3) is 0.938. The van der Waals surface area contributed by atoms with Crippen molar-refractivity contribution >= 4 is 5.91 Å². The normalized spacial score (nSPS) is 36.1. The molecule has 2 saturated heterocycles. The molecule has 0 aromatic carbocycles. The summed E-state index contributed by atoms with van der Waals surface area (Å²) in [7, 11) is 0. The average Bonchev–Trinajstić information content (AvgIpc) is 3.22. The first-order valence-electron chi connectivity index (χ1n) is 8.32. The van der Waals surface area contributed by atoms with Crippen molar-refractivity contribution in [2.75, 3.05) is 13.1 Å². The second-order valence-electron chi connectivity index (χ2n) is 6.97. The Hall–Kier alpha value is -0.610. The van der Waals surface area contributed by atoms with Gasteiger partial charge in [-0.1, -0.05) is 0 Å². The van der Waals surface area contributed by atoms with Crippen LogP contribution in [0.5, 0.6) is 0 Å². The van der Waals surface area contributed by atoms with Crippen molar-refractivity contribution in [2.45, 2.75) is 76.7 Å². The Morgan fingerprint density at radius 3 is 2.15 bits per heavy atom. The van der Waals surface area contributed by atoms with E-state index < -0.39 is 0 Å². The molecule has 2 atom stereocenters. The summed E-state index contributed by atoms with van der Waals surface area (Å²) in [5.41, 5.74) is 0. The van der Waals surface area contributed by atoms with Gasteiger partial charge in [-0.15, -0.1) is 0 Å². The summed E-state index contributed by atoms with van der Waals surface area (Å²) in [6.07, 6.45) is 7.43. The lowest BCUT2D eigenvalue weighted by molar-refractivity contribution is -0.133. The van der Waals surface area contributed by atoms with E-state index in [4.69, 9.17) is 4.74 Å². The molecule has 4 nitrogen and oxygen atoms in total.